The maximum atomic E-state index is 11.6. The first-order chi connectivity index (χ1) is 8.65. The molecule has 1 aliphatic carbocycles. The number of hydrogen-bond acceptors (Lipinski definition) is 3. The van der Waals surface area contributed by atoms with Crippen LogP contribution < -0.4 is 10.6 Å². The summed E-state index contributed by atoms with van der Waals surface area (Å²) in [7, 11) is 0. The SMILES string of the molecule is O=C(Nc1cncc(C(=O)O)c1)NC1CC=CC1. The summed E-state index contributed by atoms with van der Waals surface area (Å²) in [5.74, 6) is -1.08. The van der Waals surface area contributed by atoms with Gasteiger partial charge in [-0.25, -0.2) is 9.59 Å². The number of nitrogens with zero attached hydrogens (tertiary/aromatic N) is 1. The van der Waals surface area contributed by atoms with Crippen molar-refractivity contribution in [2.45, 2.75) is 18.9 Å². The van der Waals surface area contributed by atoms with Crippen molar-refractivity contribution in [2.75, 3.05) is 5.32 Å². The van der Waals surface area contributed by atoms with Crippen molar-refractivity contribution in [3.05, 3.63) is 36.2 Å². The first kappa shape index (κ1) is 12.1. The van der Waals surface area contributed by atoms with E-state index in [1.165, 1.54) is 18.5 Å². The van der Waals surface area contributed by atoms with Crippen LogP contribution in [-0.4, -0.2) is 28.1 Å². The topological polar surface area (TPSA) is 91.3 Å². The van der Waals surface area contributed by atoms with Crippen LogP contribution in [0.2, 0.25) is 0 Å². The van der Waals surface area contributed by atoms with Crippen LogP contribution >= 0.6 is 0 Å². The van der Waals surface area contributed by atoms with Crippen LogP contribution in [0.3, 0.4) is 0 Å². The Balaban J connectivity index is 1.94. The number of carbonyl (C=O) groups excluding carboxylic acids is 1. The normalized spacial score (nSPS) is 14.4. The van der Waals surface area contributed by atoms with Crippen LogP contribution in [0.4, 0.5) is 10.5 Å². The number of anilines is 1. The number of aromatic nitrogens is 1. The van der Waals surface area contributed by atoms with E-state index in [2.05, 4.69) is 15.6 Å². The molecule has 3 N–H and O–H groups in total. The lowest BCUT2D eigenvalue weighted by atomic mass is 10.2. The van der Waals surface area contributed by atoms with E-state index in [0.29, 0.717) is 5.69 Å². The van der Waals surface area contributed by atoms with Crippen molar-refractivity contribution >= 4 is 17.7 Å². The number of urea groups is 1. The quantitative estimate of drug-likeness (QED) is 0.708. The number of hydrogen-bond donors (Lipinski definition) is 3. The molecule has 1 aromatic heterocycles. The molecule has 2 rings (SSSR count). The fraction of sp³-hybridized carbons (Fsp3) is 0.250. The summed E-state index contributed by atoms with van der Waals surface area (Å²) in [5, 5.41) is 14.1. The van der Waals surface area contributed by atoms with E-state index in [4.69, 9.17) is 5.11 Å². The smallest absolute Gasteiger partial charge is 0.337 e. The van der Waals surface area contributed by atoms with Gasteiger partial charge in [0.05, 0.1) is 17.4 Å². The van der Waals surface area contributed by atoms with Crippen molar-refractivity contribution in [3.63, 3.8) is 0 Å². The van der Waals surface area contributed by atoms with Gasteiger partial charge in [0.2, 0.25) is 0 Å². The van der Waals surface area contributed by atoms with E-state index in [-0.39, 0.29) is 17.6 Å². The molecule has 0 aromatic carbocycles. The number of nitrogens with one attached hydrogen (secondary N) is 2. The Morgan fingerprint density at radius 3 is 2.67 bits per heavy atom. The molecule has 0 atom stereocenters. The van der Waals surface area contributed by atoms with E-state index in [1.54, 1.807) is 0 Å². The second-order valence-electron chi connectivity index (χ2n) is 4.01. The molecule has 0 bridgehead atoms. The highest BCUT2D eigenvalue weighted by Crippen LogP contribution is 2.11. The van der Waals surface area contributed by atoms with Crippen molar-refractivity contribution in [3.8, 4) is 0 Å². The second-order valence-corrected chi connectivity index (χ2v) is 4.01. The molecule has 0 unspecified atom stereocenters. The molecule has 94 valence electrons. The Morgan fingerprint density at radius 1 is 1.28 bits per heavy atom. The highest BCUT2D eigenvalue weighted by atomic mass is 16.4. The summed E-state index contributed by atoms with van der Waals surface area (Å²) in [5.41, 5.74) is 0.397. The van der Waals surface area contributed by atoms with Crippen LogP contribution in [0.15, 0.2) is 30.6 Å². The third kappa shape index (κ3) is 3.07. The maximum absolute atomic E-state index is 11.6. The van der Waals surface area contributed by atoms with Crippen molar-refractivity contribution in [1.82, 2.24) is 10.3 Å². The van der Waals surface area contributed by atoms with Gasteiger partial charge in [-0.1, -0.05) is 12.2 Å². The largest absolute Gasteiger partial charge is 0.478 e. The summed E-state index contributed by atoms with van der Waals surface area (Å²) in [6.07, 6.45) is 8.29. The van der Waals surface area contributed by atoms with Crippen molar-refractivity contribution in [1.29, 1.82) is 0 Å². The minimum absolute atomic E-state index is 0.0373. The molecule has 0 radical (unpaired) electrons. The fourth-order valence-corrected chi connectivity index (χ4v) is 1.71. The van der Waals surface area contributed by atoms with E-state index in [9.17, 15) is 9.59 Å². The van der Waals surface area contributed by atoms with Gasteiger partial charge in [-0.05, 0) is 18.9 Å². The minimum Gasteiger partial charge on any atom is -0.478 e. The van der Waals surface area contributed by atoms with Crippen LogP contribution in [0.25, 0.3) is 0 Å². The standard InChI is InChI=1S/C12H13N3O3/c16-11(17)8-5-10(7-13-6-8)15-12(18)14-9-3-1-2-4-9/h1-2,5-7,9H,3-4H2,(H,16,17)(H2,14,15,18). The predicted molar refractivity (Wildman–Crippen MR) is 65.5 cm³/mol. The van der Waals surface area contributed by atoms with Gasteiger partial charge in [-0.3, -0.25) is 4.98 Å². The first-order valence-electron chi connectivity index (χ1n) is 5.56. The Bertz CT molecular complexity index is 491. The van der Waals surface area contributed by atoms with Crippen LogP contribution in [0, 0.1) is 0 Å². The Morgan fingerprint density at radius 2 is 2.00 bits per heavy atom. The predicted octanol–water partition coefficient (Wildman–Crippen LogP) is 1.62. The van der Waals surface area contributed by atoms with Crippen LogP contribution in [0.1, 0.15) is 23.2 Å². The average Bonchev–Trinajstić information content (AvgIpc) is 2.82. The van der Waals surface area contributed by atoms with Crippen LogP contribution in [0.5, 0.6) is 0 Å². The molecule has 1 aromatic rings. The van der Waals surface area contributed by atoms with E-state index in [0.717, 1.165) is 12.8 Å². The zero-order valence-corrected chi connectivity index (χ0v) is 9.59. The minimum atomic E-state index is -1.08. The van der Waals surface area contributed by atoms with Gasteiger partial charge in [0.1, 0.15) is 0 Å². The summed E-state index contributed by atoms with van der Waals surface area (Å²) in [6.45, 7) is 0. The third-order valence-corrected chi connectivity index (χ3v) is 2.59. The molecule has 1 heterocycles. The van der Waals surface area contributed by atoms with E-state index < -0.39 is 5.97 Å². The number of pyridine rings is 1. The zero-order chi connectivity index (χ0) is 13.0. The van der Waals surface area contributed by atoms with E-state index >= 15 is 0 Å². The highest BCUT2D eigenvalue weighted by molar-refractivity contribution is 5.92. The van der Waals surface area contributed by atoms with Gasteiger partial charge in [0, 0.05) is 12.2 Å². The molecule has 2 amide bonds. The number of amides is 2. The molecule has 0 saturated carbocycles. The van der Waals surface area contributed by atoms with Gasteiger partial charge in [0.15, 0.2) is 0 Å². The fourth-order valence-electron chi connectivity index (χ4n) is 1.71. The molecule has 18 heavy (non-hydrogen) atoms. The molecule has 0 saturated heterocycles. The first-order valence-corrected chi connectivity index (χ1v) is 5.56. The number of aromatic carboxylic acids is 1. The van der Waals surface area contributed by atoms with E-state index in [1.807, 2.05) is 12.2 Å². The molecular weight excluding hydrogens is 234 g/mol. The average molecular weight is 247 g/mol. The highest BCUT2D eigenvalue weighted by Gasteiger charge is 2.13. The number of rotatable bonds is 3. The lowest BCUT2D eigenvalue weighted by Gasteiger charge is -2.12. The lowest BCUT2D eigenvalue weighted by molar-refractivity contribution is 0.0696. The summed E-state index contributed by atoms with van der Waals surface area (Å²) < 4.78 is 0. The maximum Gasteiger partial charge on any atom is 0.337 e. The van der Waals surface area contributed by atoms with Gasteiger partial charge in [-0.2, -0.15) is 0 Å². The van der Waals surface area contributed by atoms with Crippen molar-refractivity contribution in [2.24, 2.45) is 0 Å². The molecule has 0 spiro atoms. The van der Waals surface area contributed by atoms with Crippen molar-refractivity contribution < 1.29 is 14.7 Å². The summed E-state index contributed by atoms with van der Waals surface area (Å²) in [6, 6.07) is 1.12. The Labute approximate surface area is 104 Å². The van der Waals surface area contributed by atoms with Gasteiger partial charge in [0.25, 0.3) is 0 Å². The van der Waals surface area contributed by atoms with Gasteiger partial charge < -0.3 is 15.7 Å². The summed E-state index contributed by atoms with van der Waals surface area (Å²) >= 11 is 0. The molecule has 6 nitrogen and oxygen atoms in total. The lowest BCUT2D eigenvalue weighted by Crippen LogP contribution is -2.36. The molecule has 0 fully saturated rings. The van der Waals surface area contributed by atoms with Gasteiger partial charge in [-0.15, -0.1) is 0 Å². The second kappa shape index (κ2) is 5.31. The summed E-state index contributed by atoms with van der Waals surface area (Å²) in [4.78, 5) is 26.1. The zero-order valence-electron chi connectivity index (χ0n) is 9.59. The molecule has 1 aliphatic rings. The number of carboxylic acid groups (broad SMARTS) is 1. The Kier molecular flexibility index (Phi) is 3.57. The third-order valence-electron chi connectivity index (χ3n) is 2.59. The monoisotopic (exact) mass is 247 g/mol. The number of carboxylic acids is 1. The van der Waals surface area contributed by atoms with Crippen LogP contribution in [-0.2, 0) is 0 Å². The molecule has 6 heteroatoms. The molecular formula is C12H13N3O3. The van der Waals surface area contributed by atoms with Gasteiger partial charge >= 0.3 is 12.0 Å². The molecule has 0 aliphatic heterocycles. The Hall–Kier alpha value is -2.37. The number of carbonyl (C=O) groups is 2.